The second-order valence-corrected chi connectivity index (χ2v) is 3.03. The van der Waals surface area contributed by atoms with Crippen LogP contribution in [0.4, 0.5) is 4.39 Å². The predicted octanol–water partition coefficient (Wildman–Crippen LogP) is 1.85. The molecule has 13 heavy (non-hydrogen) atoms. The van der Waals surface area contributed by atoms with Gasteiger partial charge in [-0.15, -0.1) is 0 Å². The molecule has 68 valence electrons. The van der Waals surface area contributed by atoms with Crippen molar-refractivity contribution < 1.29 is 9.50 Å². The number of nitrogens with zero attached hydrogens (tertiary/aromatic N) is 1. The zero-order valence-corrected chi connectivity index (χ0v) is 7.27. The van der Waals surface area contributed by atoms with E-state index in [2.05, 4.69) is 9.97 Å². The normalized spacial score (nSPS) is 11.0. The van der Waals surface area contributed by atoms with Crippen molar-refractivity contribution >= 4 is 22.6 Å². The zero-order valence-electron chi connectivity index (χ0n) is 6.51. The average Bonchev–Trinajstić information content (AvgIpc) is 2.48. The smallest absolute Gasteiger partial charge is 0.144 e. The van der Waals surface area contributed by atoms with Gasteiger partial charge in [-0.1, -0.05) is 11.6 Å². The molecule has 0 aliphatic carbocycles. The van der Waals surface area contributed by atoms with E-state index < -0.39 is 5.82 Å². The number of nitrogens with one attached hydrogen (secondary N) is 1. The Morgan fingerprint density at radius 1 is 1.54 bits per heavy atom. The SMILES string of the molecule is OCc1nc2cc(Cl)c(F)cc2[nH]1. The van der Waals surface area contributed by atoms with Crippen molar-refractivity contribution in [3.63, 3.8) is 0 Å². The Morgan fingerprint density at radius 3 is 3.00 bits per heavy atom. The first-order chi connectivity index (χ1) is 6.20. The van der Waals surface area contributed by atoms with Crippen molar-refractivity contribution in [2.75, 3.05) is 0 Å². The van der Waals surface area contributed by atoms with E-state index in [0.717, 1.165) is 0 Å². The van der Waals surface area contributed by atoms with Crippen LogP contribution in [0.2, 0.25) is 5.02 Å². The standard InChI is InChI=1S/C8H6ClFN2O/c9-4-1-6-7(2-5(4)10)12-8(3-13)11-6/h1-2,13H,3H2,(H,11,12). The van der Waals surface area contributed by atoms with Crippen LogP contribution in [0.15, 0.2) is 12.1 Å². The van der Waals surface area contributed by atoms with Crippen molar-refractivity contribution in [3.8, 4) is 0 Å². The fourth-order valence-electron chi connectivity index (χ4n) is 1.13. The highest BCUT2D eigenvalue weighted by Gasteiger charge is 2.06. The molecule has 1 aromatic carbocycles. The molecule has 0 atom stereocenters. The first kappa shape index (κ1) is 8.47. The quantitative estimate of drug-likeness (QED) is 0.738. The molecule has 0 unspecified atom stereocenters. The molecule has 5 heteroatoms. The summed E-state index contributed by atoms with van der Waals surface area (Å²) < 4.78 is 12.9. The summed E-state index contributed by atoms with van der Waals surface area (Å²) in [4.78, 5) is 6.73. The van der Waals surface area contributed by atoms with Crippen LogP contribution in [-0.4, -0.2) is 15.1 Å². The van der Waals surface area contributed by atoms with Gasteiger partial charge in [0.25, 0.3) is 0 Å². The third-order valence-corrected chi connectivity index (χ3v) is 2.01. The number of halogens is 2. The fourth-order valence-corrected chi connectivity index (χ4v) is 1.29. The predicted molar refractivity (Wildman–Crippen MR) is 47.0 cm³/mol. The van der Waals surface area contributed by atoms with Gasteiger partial charge < -0.3 is 10.1 Å². The van der Waals surface area contributed by atoms with Crippen molar-refractivity contribution in [2.24, 2.45) is 0 Å². The minimum atomic E-state index is -0.498. The van der Waals surface area contributed by atoms with E-state index in [4.69, 9.17) is 16.7 Å². The molecule has 0 radical (unpaired) electrons. The molecule has 3 nitrogen and oxygen atoms in total. The molecule has 2 aromatic rings. The molecular weight excluding hydrogens is 195 g/mol. The summed E-state index contributed by atoms with van der Waals surface area (Å²) >= 11 is 5.55. The number of imidazole rings is 1. The van der Waals surface area contributed by atoms with Crippen LogP contribution in [0.3, 0.4) is 0 Å². The van der Waals surface area contributed by atoms with Crippen LogP contribution >= 0.6 is 11.6 Å². The molecule has 2 rings (SSSR count). The molecule has 2 N–H and O–H groups in total. The summed E-state index contributed by atoms with van der Waals surface area (Å²) in [6.07, 6.45) is 0. The van der Waals surface area contributed by atoms with E-state index >= 15 is 0 Å². The van der Waals surface area contributed by atoms with Gasteiger partial charge in [0, 0.05) is 6.07 Å². The molecular formula is C8H6ClFN2O. The van der Waals surface area contributed by atoms with E-state index in [0.29, 0.717) is 16.9 Å². The van der Waals surface area contributed by atoms with Gasteiger partial charge in [0.1, 0.15) is 18.2 Å². The van der Waals surface area contributed by atoms with Gasteiger partial charge in [-0.3, -0.25) is 0 Å². The number of fused-ring (bicyclic) bond motifs is 1. The maximum Gasteiger partial charge on any atom is 0.144 e. The first-order valence-electron chi connectivity index (χ1n) is 3.65. The monoisotopic (exact) mass is 200 g/mol. The van der Waals surface area contributed by atoms with Crippen molar-refractivity contribution in [1.82, 2.24) is 9.97 Å². The number of aliphatic hydroxyl groups is 1. The summed E-state index contributed by atoms with van der Waals surface area (Å²) in [7, 11) is 0. The summed E-state index contributed by atoms with van der Waals surface area (Å²) in [5, 5.41) is 8.79. The fraction of sp³-hybridized carbons (Fsp3) is 0.125. The Morgan fingerprint density at radius 2 is 2.31 bits per heavy atom. The van der Waals surface area contributed by atoms with E-state index in [9.17, 15) is 4.39 Å². The summed E-state index contributed by atoms with van der Waals surface area (Å²) in [5.41, 5.74) is 1.08. The van der Waals surface area contributed by atoms with Crippen molar-refractivity contribution in [2.45, 2.75) is 6.61 Å². The van der Waals surface area contributed by atoms with E-state index in [1.54, 1.807) is 0 Å². The van der Waals surface area contributed by atoms with Gasteiger partial charge in [0.05, 0.1) is 16.1 Å². The highest BCUT2D eigenvalue weighted by atomic mass is 35.5. The number of aromatic nitrogens is 2. The number of benzene rings is 1. The lowest BCUT2D eigenvalue weighted by molar-refractivity contribution is 0.273. The molecule has 1 heterocycles. The highest BCUT2D eigenvalue weighted by molar-refractivity contribution is 6.31. The Balaban J connectivity index is 2.70. The third-order valence-electron chi connectivity index (χ3n) is 1.72. The van der Waals surface area contributed by atoms with E-state index in [1.165, 1.54) is 12.1 Å². The number of rotatable bonds is 1. The first-order valence-corrected chi connectivity index (χ1v) is 4.03. The van der Waals surface area contributed by atoms with Gasteiger partial charge in [-0.2, -0.15) is 0 Å². The number of H-pyrrole nitrogens is 1. The van der Waals surface area contributed by atoms with E-state index in [-0.39, 0.29) is 11.6 Å². The van der Waals surface area contributed by atoms with Crippen molar-refractivity contribution in [3.05, 3.63) is 28.8 Å². The lowest BCUT2D eigenvalue weighted by atomic mass is 10.3. The topological polar surface area (TPSA) is 48.9 Å². The number of hydrogen-bond donors (Lipinski definition) is 2. The second kappa shape index (κ2) is 2.97. The van der Waals surface area contributed by atoms with E-state index in [1.807, 2.05) is 0 Å². The van der Waals surface area contributed by atoms with Gasteiger partial charge >= 0.3 is 0 Å². The van der Waals surface area contributed by atoms with Gasteiger partial charge in [0.15, 0.2) is 0 Å². The van der Waals surface area contributed by atoms with Gasteiger partial charge in [-0.25, -0.2) is 9.37 Å². The maximum absolute atomic E-state index is 12.9. The molecule has 0 amide bonds. The van der Waals surface area contributed by atoms with Gasteiger partial charge in [0.2, 0.25) is 0 Å². The molecule has 0 aliphatic rings. The molecule has 0 spiro atoms. The van der Waals surface area contributed by atoms with Crippen LogP contribution in [-0.2, 0) is 6.61 Å². The lowest BCUT2D eigenvalue weighted by Gasteiger charge is -1.91. The maximum atomic E-state index is 12.9. The molecule has 0 bridgehead atoms. The van der Waals surface area contributed by atoms with Crippen molar-refractivity contribution in [1.29, 1.82) is 0 Å². The highest BCUT2D eigenvalue weighted by Crippen LogP contribution is 2.21. The Kier molecular flexibility index (Phi) is 1.94. The van der Waals surface area contributed by atoms with Gasteiger partial charge in [-0.05, 0) is 6.07 Å². The molecule has 0 aliphatic heterocycles. The molecule has 0 saturated heterocycles. The minimum absolute atomic E-state index is 0.0310. The number of aromatic amines is 1. The number of aliphatic hydroxyl groups excluding tert-OH is 1. The van der Waals surface area contributed by atoms with Crippen LogP contribution in [0, 0.1) is 5.82 Å². The second-order valence-electron chi connectivity index (χ2n) is 2.63. The zero-order chi connectivity index (χ0) is 9.42. The Hall–Kier alpha value is -1.13. The summed E-state index contributed by atoms with van der Waals surface area (Å²) in [6, 6.07) is 2.67. The average molecular weight is 201 g/mol. The largest absolute Gasteiger partial charge is 0.388 e. The Bertz CT molecular complexity index is 416. The Labute approximate surface area is 78.2 Å². The van der Waals surface area contributed by atoms with Crippen LogP contribution < -0.4 is 0 Å². The third kappa shape index (κ3) is 1.38. The molecule has 0 saturated carbocycles. The molecule has 0 fully saturated rings. The minimum Gasteiger partial charge on any atom is -0.388 e. The van der Waals surface area contributed by atoms with Crippen LogP contribution in [0.5, 0.6) is 0 Å². The summed E-state index contributed by atoms with van der Waals surface area (Å²) in [5.74, 6) is -0.0982. The van der Waals surface area contributed by atoms with Crippen LogP contribution in [0.25, 0.3) is 11.0 Å². The molecule has 1 aromatic heterocycles. The number of hydrogen-bond acceptors (Lipinski definition) is 2. The lowest BCUT2D eigenvalue weighted by Crippen LogP contribution is -1.83. The summed E-state index contributed by atoms with van der Waals surface area (Å²) in [6.45, 7) is -0.200. The van der Waals surface area contributed by atoms with Crippen LogP contribution in [0.1, 0.15) is 5.82 Å².